The Kier molecular flexibility index (Phi) is 3.43. The van der Waals surface area contributed by atoms with Crippen LogP contribution < -0.4 is 0 Å². The zero-order chi connectivity index (χ0) is 13.9. The predicted molar refractivity (Wildman–Crippen MR) is 85.1 cm³/mol. The minimum absolute atomic E-state index is 0.908. The van der Waals surface area contributed by atoms with E-state index in [9.17, 15) is 0 Å². The van der Waals surface area contributed by atoms with Crippen LogP contribution in [0.2, 0.25) is 0 Å². The topological polar surface area (TPSA) is 0 Å². The van der Waals surface area contributed by atoms with Gasteiger partial charge in [0.2, 0.25) is 0 Å². The standard InChI is InChI=1S/C20H33/c1-12(2)18-5-4-13(3)6-19(18)20-16-8-14-7-15(10-16)11-17(20)9-14/h12-16,18-20H,4-11H2,1-3H3. The first-order valence-corrected chi connectivity index (χ1v) is 9.46. The number of hydrogen-bond acceptors (Lipinski definition) is 0. The van der Waals surface area contributed by atoms with Gasteiger partial charge in [-0.15, -0.1) is 0 Å². The molecular weight excluding hydrogens is 240 g/mol. The van der Waals surface area contributed by atoms with Crippen molar-refractivity contribution >= 4 is 0 Å². The van der Waals surface area contributed by atoms with Gasteiger partial charge in [-0.3, -0.25) is 0 Å². The first-order valence-electron chi connectivity index (χ1n) is 9.46. The van der Waals surface area contributed by atoms with Crippen molar-refractivity contribution in [3.05, 3.63) is 5.92 Å². The van der Waals surface area contributed by atoms with Crippen LogP contribution in [0.3, 0.4) is 0 Å². The summed E-state index contributed by atoms with van der Waals surface area (Å²) in [4.78, 5) is 0. The van der Waals surface area contributed by atoms with Crippen LogP contribution in [0.25, 0.3) is 0 Å². The number of rotatable bonds is 2. The van der Waals surface area contributed by atoms with E-state index in [1.54, 1.807) is 25.7 Å². The molecule has 0 spiro atoms. The van der Waals surface area contributed by atoms with E-state index in [1.165, 1.54) is 25.7 Å². The lowest BCUT2D eigenvalue weighted by molar-refractivity contribution is -0.0252. The van der Waals surface area contributed by atoms with Crippen molar-refractivity contribution < 1.29 is 0 Å². The summed E-state index contributed by atoms with van der Waals surface area (Å²) in [5.74, 6) is 10.4. The van der Waals surface area contributed by atoms with Gasteiger partial charge < -0.3 is 0 Å². The van der Waals surface area contributed by atoms with Crippen molar-refractivity contribution in [1.82, 2.24) is 0 Å². The van der Waals surface area contributed by atoms with Crippen LogP contribution in [0, 0.1) is 53.3 Å². The molecule has 0 aromatic carbocycles. The molecule has 0 heterocycles. The third-order valence-electron chi connectivity index (χ3n) is 7.55. The fourth-order valence-electron chi connectivity index (χ4n) is 7.01. The van der Waals surface area contributed by atoms with Crippen molar-refractivity contribution in [2.24, 2.45) is 47.3 Å². The van der Waals surface area contributed by atoms with Crippen LogP contribution in [-0.2, 0) is 0 Å². The SMILES string of the molecule is CC1CCC(C(C)C)C(C2[C]3CC4CC(C3)CC2C4)C1. The van der Waals surface area contributed by atoms with Crippen LogP contribution in [0.1, 0.15) is 72.1 Å². The summed E-state index contributed by atoms with van der Waals surface area (Å²) in [5, 5.41) is 0. The maximum absolute atomic E-state index is 2.52. The molecule has 0 heteroatoms. The highest BCUT2D eigenvalue weighted by Crippen LogP contribution is 2.62. The summed E-state index contributed by atoms with van der Waals surface area (Å²) < 4.78 is 0. The smallest absolute Gasteiger partial charge is 0.0199 e. The first-order chi connectivity index (χ1) is 9.61. The highest BCUT2D eigenvalue weighted by Gasteiger charge is 2.52. The van der Waals surface area contributed by atoms with Crippen molar-refractivity contribution in [2.75, 3.05) is 0 Å². The molecule has 0 aliphatic heterocycles. The molecule has 6 atom stereocenters. The molecule has 0 amide bonds. The summed E-state index contributed by atoms with van der Waals surface area (Å²) in [7, 11) is 0. The fourth-order valence-corrected chi connectivity index (χ4v) is 7.01. The second-order valence-electron chi connectivity index (χ2n) is 9.28. The van der Waals surface area contributed by atoms with Gasteiger partial charge in [0.15, 0.2) is 0 Å². The minimum atomic E-state index is 0.908. The molecule has 0 nitrogen and oxygen atoms in total. The highest BCUT2D eigenvalue weighted by molar-refractivity contribution is 5.15. The summed E-state index contributed by atoms with van der Waals surface area (Å²) >= 11 is 0. The fraction of sp³-hybridized carbons (Fsp3) is 0.950. The summed E-state index contributed by atoms with van der Waals surface area (Å²) in [6, 6.07) is 0. The quantitative estimate of drug-likeness (QED) is 0.603. The Morgan fingerprint density at radius 3 is 2.20 bits per heavy atom. The lowest BCUT2D eigenvalue weighted by Crippen LogP contribution is -2.49. The number of hydrogen-bond donors (Lipinski definition) is 0. The van der Waals surface area contributed by atoms with Crippen LogP contribution in [0.4, 0.5) is 0 Å². The average molecular weight is 273 g/mol. The van der Waals surface area contributed by atoms with E-state index >= 15 is 0 Å². The van der Waals surface area contributed by atoms with E-state index in [2.05, 4.69) is 26.7 Å². The van der Waals surface area contributed by atoms with E-state index in [0.717, 1.165) is 47.3 Å². The van der Waals surface area contributed by atoms with Crippen molar-refractivity contribution in [3.63, 3.8) is 0 Å². The van der Waals surface area contributed by atoms with Gasteiger partial charge >= 0.3 is 0 Å². The highest BCUT2D eigenvalue weighted by atomic mass is 14.6. The molecule has 1 radical (unpaired) electrons. The van der Waals surface area contributed by atoms with Gasteiger partial charge in [-0.25, -0.2) is 0 Å². The molecule has 5 aliphatic carbocycles. The molecule has 20 heavy (non-hydrogen) atoms. The van der Waals surface area contributed by atoms with Gasteiger partial charge in [0.05, 0.1) is 0 Å². The predicted octanol–water partition coefficient (Wildman–Crippen LogP) is 5.73. The van der Waals surface area contributed by atoms with Crippen LogP contribution in [0.15, 0.2) is 0 Å². The molecule has 0 aromatic rings. The van der Waals surface area contributed by atoms with Gasteiger partial charge in [0.25, 0.3) is 0 Å². The van der Waals surface area contributed by atoms with Crippen LogP contribution in [-0.4, -0.2) is 0 Å². The molecule has 4 bridgehead atoms. The average Bonchev–Trinajstić information content (AvgIpc) is 2.37. The molecular formula is C20H33. The van der Waals surface area contributed by atoms with Crippen LogP contribution in [0.5, 0.6) is 0 Å². The Morgan fingerprint density at radius 1 is 0.900 bits per heavy atom. The van der Waals surface area contributed by atoms with E-state index in [1.807, 2.05) is 0 Å². The lowest BCUT2D eigenvalue weighted by Gasteiger charge is -2.58. The molecule has 5 saturated carbocycles. The van der Waals surface area contributed by atoms with Crippen molar-refractivity contribution in [3.8, 4) is 0 Å². The third kappa shape index (κ3) is 2.17. The Labute approximate surface area is 126 Å². The Morgan fingerprint density at radius 2 is 1.60 bits per heavy atom. The first kappa shape index (κ1) is 13.6. The lowest BCUT2D eigenvalue weighted by atomic mass is 9.47. The van der Waals surface area contributed by atoms with E-state index in [0.29, 0.717) is 0 Å². The Bertz CT molecular complexity index is 327. The third-order valence-corrected chi connectivity index (χ3v) is 7.55. The molecule has 113 valence electrons. The molecule has 0 aromatic heterocycles. The molecule has 0 saturated heterocycles. The van der Waals surface area contributed by atoms with E-state index in [4.69, 9.17) is 0 Å². The normalized spacial score (nSPS) is 51.9. The second kappa shape index (κ2) is 5.03. The van der Waals surface area contributed by atoms with Crippen LogP contribution >= 0.6 is 0 Å². The van der Waals surface area contributed by atoms with Gasteiger partial charge in [0, 0.05) is 0 Å². The molecule has 5 fully saturated rings. The van der Waals surface area contributed by atoms with Crippen molar-refractivity contribution in [1.29, 1.82) is 0 Å². The van der Waals surface area contributed by atoms with E-state index < -0.39 is 0 Å². The maximum atomic E-state index is 2.52. The molecule has 0 N–H and O–H groups in total. The summed E-state index contributed by atoms with van der Waals surface area (Å²) in [5.41, 5.74) is 0. The van der Waals surface area contributed by atoms with Gasteiger partial charge in [-0.1, -0.05) is 27.2 Å². The minimum Gasteiger partial charge on any atom is -0.0625 e. The second-order valence-corrected chi connectivity index (χ2v) is 9.28. The van der Waals surface area contributed by atoms with Gasteiger partial charge in [0.1, 0.15) is 0 Å². The zero-order valence-corrected chi connectivity index (χ0v) is 13.8. The van der Waals surface area contributed by atoms with E-state index in [-0.39, 0.29) is 0 Å². The maximum Gasteiger partial charge on any atom is -0.0199 e. The molecule has 5 rings (SSSR count). The van der Waals surface area contributed by atoms with Gasteiger partial charge in [-0.2, -0.15) is 0 Å². The molecule has 6 unspecified atom stereocenters. The Hall–Kier alpha value is 0. The Balaban J connectivity index is 1.58. The molecule has 5 aliphatic rings. The zero-order valence-electron chi connectivity index (χ0n) is 13.8. The van der Waals surface area contributed by atoms with Gasteiger partial charge in [-0.05, 0) is 98.2 Å². The summed E-state index contributed by atoms with van der Waals surface area (Å²) in [6.45, 7) is 7.51. The summed E-state index contributed by atoms with van der Waals surface area (Å²) in [6.07, 6.45) is 12.4. The van der Waals surface area contributed by atoms with Crippen molar-refractivity contribution in [2.45, 2.75) is 72.1 Å². The monoisotopic (exact) mass is 273 g/mol. The largest absolute Gasteiger partial charge is 0.0625 e.